The highest BCUT2D eigenvalue weighted by atomic mass is 16.2. The number of hydrogen-bond donors (Lipinski definition) is 2. The molecule has 0 unspecified atom stereocenters. The lowest BCUT2D eigenvalue weighted by Crippen LogP contribution is -2.49. The molecule has 1 aromatic carbocycles. The second-order valence-electron chi connectivity index (χ2n) is 9.06. The number of pyridine rings is 1. The second kappa shape index (κ2) is 9.21. The lowest BCUT2D eigenvalue weighted by atomic mass is 10.1. The first-order chi connectivity index (χ1) is 16.1. The van der Waals surface area contributed by atoms with Crippen LogP contribution in [0.15, 0.2) is 36.5 Å². The molecule has 172 valence electrons. The number of fused-ring (bicyclic) bond motifs is 1. The molecular weight excluding hydrogens is 418 g/mol. The van der Waals surface area contributed by atoms with Crippen molar-refractivity contribution in [3.8, 4) is 0 Å². The molecule has 33 heavy (non-hydrogen) atoms. The molecule has 5 rings (SSSR count). The number of anilines is 2. The van der Waals surface area contributed by atoms with Gasteiger partial charge in [-0.15, -0.1) is 0 Å². The number of benzene rings is 1. The Kier molecular flexibility index (Phi) is 5.98. The smallest absolute Gasteiger partial charge is 0.251 e. The van der Waals surface area contributed by atoms with E-state index in [0.717, 1.165) is 64.0 Å². The maximum Gasteiger partial charge on any atom is 0.251 e. The van der Waals surface area contributed by atoms with E-state index >= 15 is 0 Å². The number of amides is 3. The summed E-state index contributed by atoms with van der Waals surface area (Å²) in [6, 6.07) is 9.44. The fourth-order valence-corrected chi connectivity index (χ4v) is 4.58. The molecule has 8 nitrogen and oxygen atoms in total. The van der Waals surface area contributed by atoms with Gasteiger partial charge in [0.1, 0.15) is 5.82 Å². The Bertz CT molecular complexity index is 1060. The van der Waals surface area contributed by atoms with Crippen LogP contribution >= 0.6 is 0 Å². The van der Waals surface area contributed by atoms with E-state index < -0.39 is 0 Å². The molecule has 0 spiro atoms. The van der Waals surface area contributed by atoms with Crippen molar-refractivity contribution in [3.05, 3.63) is 53.2 Å². The third-order valence-corrected chi connectivity index (χ3v) is 6.67. The minimum atomic E-state index is -0.322. The standard InChI is InChI=1S/C25H29N5O3/c31-23(16-27-24(32)20-7-4-17-2-1-3-19(17)14-20)28-22-9-8-21(15-26-22)29-10-12-30(13-11-29)25(33)18-5-6-18/h4,7-9,14-15,18H,1-3,5-6,10-13,16H2,(H,27,32)(H,26,28,31). The zero-order chi connectivity index (χ0) is 22.8. The largest absolute Gasteiger partial charge is 0.367 e. The van der Waals surface area contributed by atoms with Gasteiger partial charge in [0, 0.05) is 37.7 Å². The molecule has 0 atom stereocenters. The average molecular weight is 448 g/mol. The predicted molar refractivity (Wildman–Crippen MR) is 125 cm³/mol. The van der Waals surface area contributed by atoms with Gasteiger partial charge in [0.25, 0.3) is 5.91 Å². The summed E-state index contributed by atoms with van der Waals surface area (Å²) in [7, 11) is 0. The average Bonchev–Trinajstić information content (AvgIpc) is 3.59. The van der Waals surface area contributed by atoms with Crippen LogP contribution < -0.4 is 15.5 Å². The number of rotatable bonds is 6. The number of piperazine rings is 1. The zero-order valence-electron chi connectivity index (χ0n) is 18.7. The van der Waals surface area contributed by atoms with Gasteiger partial charge in [-0.25, -0.2) is 4.98 Å². The van der Waals surface area contributed by atoms with Crippen LogP contribution in [-0.2, 0) is 22.4 Å². The van der Waals surface area contributed by atoms with Gasteiger partial charge in [-0.05, 0) is 67.5 Å². The Balaban J connectivity index is 1.08. The molecule has 2 fully saturated rings. The number of aryl methyl sites for hydroxylation is 2. The first-order valence-electron chi connectivity index (χ1n) is 11.8. The molecule has 1 saturated carbocycles. The van der Waals surface area contributed by atoms with E-state index in [1.165, 1.54) is 11.1 Å². The zero-order valence-corrected chi connectivity index (χ0v) is 18.7. The molecule has 8 heteroatoms. The fourth-order valence-electron chi connectivity index (χ4n) is 4.58. The van der Waals surface area contributed by atoms with Gasteiger partial charge in [-0.3, -0.25) is 14.4 Å². The van der Waals surface area contributed by atoms with Crippen molar-refractivity contribution in [2.24, 2.45) is 5.92 Å². The quantitative estimate of drug-likeness (QED) is 0.706. The predicted octanol–water partition coefficient (Wildman–Crippen LogP) is 2.00. The minimum Gasteiger partial charge on any atom is -0.367 e. The molecule has 2 N–H and O–H groups in total. The number of nitrogens with zero attached hydrogens (tertiary/aromatic N) is 3. The number of nitrogens with one attached hydrogen (secondary N) is 2. The molecule has 2 aliphatic carbocycles. The van der Waals surface area contributed by atoms with Crippen molar-refractivity contribution in [2.75, 3.05) is 42.9 Å². The van der Waals surface area contributed by atoms with Gasteiger partial charge in [0.05, 0.1) is 18.4 Å². The van der Waals surface area contributed by atoms with Gasteiger partial charge < -0.3 is 20.4 Å². The molecule has 0 bridgehead atoms. The first-order valence-corrected chi connectivity index (χ1v) is 11.8. The highest BCUT2D eigenvalue weighted by Gasteiger charge is 2.34. The Hall–Kier alpha value is -3.42. The lowest BCUT2D eigenvalue weighted by molar-refractivity contribution is -0.132. The molecule has 3 amide bonds. The van der Waals surface area contributed by atoms with Crippen LogP contribution in [0.5, 0.6) is 0 Å². The Morgan fingerprint density at radius 3 is 2.48 bits per heavy atom. The maximum absolute atomic E-state index is 12.4. The Morgan fingerprint density at radius 1 is 0.970 bits per heavy atom. The molecule has 0 radical (unpaired) electrons. The number of aromatic nitrogens is 1. The van der Waals surface area contributed by atoms with E-state index in [1.807, 2.05) is 29.2 Å². The van der Waals surface area contributed by atoms with Crippen molar-refractivity contribution in [2.45, 2.75) is 32.1 Å². The van der Waals surface area contributed by atoms with Crippen LogP contribution in [0.4, 0.5) is 11.5 Å². The van der Waals surface area contributed by atoms with Crippen LogP contribution in [0.3, 0.4) is 0 Å². The van der Waals surface area contributed by atoms with Gasteiger partial charge in [0.15, 0.2) is 0 Å². The summed E-state index contributed by atoms with van der Waals surface area (Å²) in [6.07, 6.45) is 7.01. The lowest BCUT2D eigenvalue weighted by Gasteiger charge is -2.36. The summed E-state index contributed by atoms with van der Waals surface area (Å²) < 4.78 is 0. The van der Waals surface area contributed by atoms with Gasteiger partial charge in [-0.1, -0.05) is 6.07 Å². The van der Waals surface area contributed by atoms with Gasteiger partial charge in [-0.2, -0.15) is 0 Å². The fraction of sp³-hybridized carbons (Fsp3) is 0.440. The molecule has 1 aliphatic heterocycles. The molecule has 2 heterocycles. The maximum atomic E-state index is 12.4. The van der Waals surface area contributed by atoms with Gasteiger partial charge >= 0.3 is 0 Å². The monoisotopic (exact) mass is 447 g/mol. The summed E-state index contributed by atoms with van der Waals surface area (Å²) >= 11 is 0. The van der Waals surface area contributed by atoms with Crippen molar-refractivity contribution >= 4 is 29.2 Å². The summed E-state index contributed by atoms with van der Waals surface area (Å²) in [6.45, 7) is 2.91. The Morgan fingerprint density at radius 2 is 1.76 bits per heavy atom. The van der Waals surface area contributed by atoms with Crippen molar-refractivity contribution in [1.82, 2.24) is 15.2 Å². The van der Waals surface area contributed by atoms with Crippen LogP contribution in [0.25, 0.3) is 0 Å². The van der Waals surface area contributed by atoms with E-state index in [-0.39, 0.29) is 24.3 Å². The highest BCUT2D eigenvalue weighted by molar-refractivity contribution is 5.99. The van der Waals surface area contributed by atoms with Gasteiger partial charge in [0.2, 0.25) is 11.8 Å². The third-order valence-electron chi connectivity index (χ3n) is 6.67. The van der Waals surface area contributed by atoms with Crippen LogP contribution in [0.2, 0.25) is 0 Å². The van der Waals surface area contributed by atoms with E-state index in [0.29, 0.717) is 17.3 Å². The van der Waals surface area contributed by atoms with E-state index in [4.69, 9.17) is 0 Å². The summed E-state index contributed by atoms with van der Waals surface area (Å²) in [5.41, 5.74) is 4.10. The summed E-state index contributed by atoms with van der Waals surface area (Å²) in [4.78, 5) is 45.4. The Labute approximate surface area is 193 Å². The molecule has 1 aromatic heterocycles. The number of carbonyl (C=O) groups is 3. The van der Waals surface area contributed by atoms with Crippen LogP contribution in [-0.4, -0.2) is 60.3 Å². The molecule has 2 aromatic rings. The minimum absolute atomic E-state index is 0.115. The van der Waals surface area contributed by atoms with Crippen molar-refractivity contribution in [3.63, 3.8) is 0 Å². The first kappa shape index (κ1) is 21.4. The number of carbonyl (C=O) groups excluding carboxylic acids is 3. The van der Waals surface area contributed by atoms with Crippen molar-refractivity contribution < 1.29 is 14.4 Å². The summed E-state index contributed by atoms with van der Waals surface area (Å²) in [5.74, 6) is 0.436. The topological polar surface area (TPSA) is 94.6 Å². The molecule has 1 saturated heterocycles. The van der Waals surface area contributed by atoms with E-state index in [1.54, 1.807) is 12.3 Å². The van der Waals surface area contributed by atoms with Crippen molar-refractivity contribution in [1.29, 1.82) is 0 Å². The van der Waals surface area contributed by atoms with Crippen LogP contribution in [0.1, 0.15) is 40.7 Å². The summed E-state index contributed by atoms with van der Waals surface area (Å²) in [5, 5.41) is 5.41. The number of hydrogen-bond acceptors (Lipinski definition) is 5. The molecular formula is C25H29N5O3. The normalized spacial score (nSPS) is 17.5. The SMILES string of the molecule is O=C(CNC(=O)c1ccc2c(c1)CCC2)Nc1ccc(N2CCN(C(=O)C3CC3)CC2)cn1. The molecule has 3 aliphatic rings. The third kappa shape index (κ3) is 4.99. The van der Waals surface area contributed by atoms with E-state index in [2.05, 4.69) is 20.5 Å². The van der Waals surface area contributed by atoms with Crippen LogP contribution in [0, 0.1) is 5.92 Å². The highest BCUT2D eigenvalue weighted by Crippen LogP contribution is 2.31. The second-order valence-corrected chi connectivity index (χ2v) is 9.06. The van der Waals surface area contributed by atoms with E-state index in [9.17, 15) is 14.4 Å².